The van der Waals surface area contributed by atoms with E-state index in [2.05, 4.69) is 27.7 Å². The number of thiophene rings is 1. The van der Waals surface area contributed by atoms with Crippen molar-refractivity contribution in [3.8, 4) is 5.69 Å². The van der Waals surface area contributed by atoms with Crippen LogP contribution in [0.5, 0.6) is 0 Å². The molecule has 4 nitrogen and oxygen atoms in total. The van der Waals surface area contributed by atoms with Crippen molar-refractivity contribution in [1.29, 1.82) is 0 Å². The zero-order chi connectivity index (χ0) is 10.1. The van der Waals surface area contributed by atoms with E-state index in [1.54, 1.807) is 22.3 Å². The van der Waals surface area contributed by atoms with Gasteiger partial charge in [-0.05, 0) is 28.7 Å². The predicted octanol–water partition coefficient (Wildman–Crippen LogP) is 2.24. The summed E-state index contributed by atoms with van der Waals surface area (Å²) in [4.78, 5) is 11.0. The van der Waals surface area contributed by atoms with Crippen LogP contribution in [0.1, 0.15) is 9.67 Å². The van der Waals surface area contributed by atoms with Crippen molar-refractivity contribution >= 4 is 39.9 Å². The Morgan fingerprint density at radius 1 is 1.64 bits per heavy atom. The van der Waals surface area contributed by atoms with Crippen molar-refractivity contribution in [2.24, 2.45) is 0 Å². The average Bonchev–Trinajstić information content (AvgIpc) is 2.70. The summed E-state index contributed by atoms with van der Waals surface area (Å²) in [5, 5.41) is 14.6. The van der Waals surface area contributed by atoms with Gasteiger partial charge in [0.15, 0.2) is 0 Å². The van der Waals surface area contributed by atoms with Gasteiger partial charge in [-0.2, -0.15) is 5.10 Å². The van der Waals surface area contributed by atoms with Crippen molar-refractivity contribution in [2.45, 2.75) is 0 Å². The highest BCUT2D eigenvalue weighted by atomic mass is 127. The molecule has 0 atom stereocenters. The molecule has 0 saturated heterocycles. The molecule has 2 rings (SSSR count). The molecule has 0 bridgehead atoms. The zero-order valence-corrected chi connectivity index (χ0v) is 9.82. The number of carboxylic acids is 1. The summed E-state index contributed by atoms with van der Waals surface area (Å²) in [6.45, 7) is 0. The predicted molar refractivity (Wildman–Crippen MR) is 61.1 cm³/mol. The van der Waals surface area contributed by atoms with Gasteiger partial charge in [0.25, 0.3) is 0 Å². The fourth-order valence-electron chi connectivity index (χ4n) is 1.00. The van der Waals surface area contributed by atoms with Crippen molar-refractivity contribution in [3.63, 3.8) is 0 Å². The molecule has 2 aromatic heterocycles. The third-order valence-corrected chi connectivity index (χ3v) is 3.07. The Kier molecular flexibility index (Phi) is 2.55. The first-order valence-corrected chi connectivity index (χ1v) is 5.65. The van der Waals surface area contributed by atoms with Crippen LogP contribution in [-0.4, -0.2) is 20.9 Å². The Bertz CT molecular complexity index is 477. The van der Waals surface area contributed by atoms with E-state index in [0.29, 0.717) is 4.88 Å². The molecule has 0 saturated carbocycles. The van der Waals surface area contributed by atoms with Crippen LogP contribution in [-0.2, 0) is 0 Å². The van der Waals surface area contributed by atoms with Crippen LogP contribution in [0.2, 0.25) is 0 Å². The fraction of sp³-hybridized carbons (Fsp3) is 0. The Balaban J connectivity index is 2.38. The molecule has 6 heteroatoms. The van der Waals surface area contributed by atoms with E-state index in [1.165, 1.54) is 11.3 Å². The lowest BCUT2D eigenvalue weighted by molar-refractivity contribution is 0.0702. The summed E-state index contributed by atoms with van der Waals surface area (Å²) in [6.07, 6.45) is 3.56. The van der Waals surface area contributed by atoms with Gasteiger partial charge >= 0.3 is 5.97 Å². The second kappa shape index (κ2) is 3.70. The van der Waals surface area contributed by atoms with E-state index in [0.717, 1.165) is 9.26 Å². The van der Waals surface area contributed by atoms with Gasteiger partial charge in [-0.15, -0.1) is 11.3 Å². The molecule has 2 aromatic rings. The minimum absolute atomic E-state index is 0.325. The first-order chi connectivity index (χ1) is 6.66. The van der Waals surface area contributed by atoms with E-state index >= 15 is 0 Å². The first-order valence-electron chi connectivity index (χ1n) is 3.69. The number of nitrogens with zero attached hydrogens (tertiary/aromatic N) is 2. The van der Waals surface area contributed by atoms with Gasteiger partial charge in [0.2, 0.25) is 0 Å². The van der Waals surface area contributed by atoms with Crippen LogP contribution in [0, 0.1) is 3.57 Å². The number of aromatic nitrogens is 2. The van der Waals surface area contributed by atoms with Gasteiger partial charge in [0.1, 0.15) is 4.88 Å². The molecule has 0 aliphatic rings. The summed E-state index contributed by atoms with van der Waals surface area (Å²) in [5.41, 5.74) is 0.787. The molecular weight excluding hydrogens is 315 g/mol. The monoisotopic (exact) mass is 320 g/mol. The lowest BCUT2D eigenvalue weighted by Gasteiger charge is -1.93. The lowest BCUT2D eigenvalue weighted by atomic mass is 10.4. The maximum Gasteiger partial charge on any atom is 0.345 e. The summed E-state index contributed by atoms with van der Waals surface area (Å²) in [5.74, 6) is -0.900. The van der Waals surface area contributed by atoms with E-state index in [9.17, 15) is 4.79 Å². The lowest BCUT2D eigenvalue weighted by Crippen LogP contribution is -1.93. The molecule has 2 heterocycles. The van der Waals surface area contributed by atoms with Gasteiger partial charge in [-0.3, -0.25) is 0 Å². The van der Waals surface area contributed by atoms with E-state index in [-0.39, 0.29) is 0 Å². The highest BCUT2D eigenvalue weighted by molar-refractivity contribution is 14.1. The number of hydrogen-bond donors (Lipinski definition) is 1. The topological polar surface area (TPSA) is 55.1 Å². The van der Waals surface area contributed by atoms with Crippen LogP contribution in [0.3, 0.4) is 0 Å². The summed E-state index contributed by atoms with van der Waals surface area (Å²) in [6, 6.07) is 1.61. The number of rotatable bonds is 2. The van der Waals surface area contributed by atoms with Crippen molar-refractivity contribution in [1.82, 2.24) is 9.78 Å². The maximum absolute atomic E-state index is 10.6. The van der Waals surface area contributed by atoms with Crippen molar-refractivity contribution < 1.29 is 9.90 Å². The molecule has 0 amide bonds. The standard InChI is InChI=1S/C8H5IN2O2S/c9-5-2-10-11(3-5)6-1-7(8(12)13)14-4-6/h1-4H,(H,12,13). The Labute approximate surface area is 97.3 Å². The van der Waals surface area contributed by atoms with Crippen LogP contribution in [0.4, 0.5) is 0 Å². The van der Waals surface area contributed by atoms with Crippen molar-refractivity contribution in [3.05, 3.63) is 32.3 Å². The number of carboxylic acid groups (broad SMARTS) is 1. The Hall–Kier alpha value is -0.890. The number of aromatic carboxylic acids is 1. The van der Waals surface area contributed by atoms with Gasteiger partial charge < -0.3 is 5.11 Å². The minimum atomic E-state index is -0.900. The van der Waals surface area contributed by atoms with E-state index in [1.807, 2.05) is 6.20 Å². The third-order valence-electron chi connectivity index (χ3n) is 1.61. The molecule has 0 fully saturated rings. The molecule has 0 unspecified atom stereocenters. The third kappa shape index (κ3) is 1.80. The van der Waals surface area contributed by atoms with Crippen LogP contribution in [0.15, 0.2) is 23.8 Å². The van der Waals surface area contributed by atoms with Gasteiger partial charge in [0.05, 0.1) is 15.5 Å². The number of halogens is 1. The Morgan fingerprint density at radius 2 is 2.43 bits per heavy atom. The van der Waals surface area contributed by atoms with Gasteiger partial charge in [-0.1, -0.05) is 0 Å². The molecule has 14 heavy (non-hydrogen) atoms. The normalized spacial score (nSPS) is 10.4. The summed E-state index contributed by atoms with van der Waals surface area (Å²) in [7, 11) is 0. The molecule has 1 N–H and O–H groups in total. The first kappa shape index (κ1) is 9.66. The molecule has 0 aliphatic carbocycles. The minimum Gasteiger partial charge on any atom is -0.477 e. The average molecular weight is 320 g/mol. The highest BCUT2D eigenvalue weighted by Gasteiger charge is 2.08. The molecular formula is C8H5IN2O2S. The summed E-state index contributed by atoms with van der Waals surface area (Å²) >= 11 is 3.35. The van der Waals surface area contributed by atoms with E-state index < -0.39 is 5.97 Å². The molecule has 72 valence electrons. The maximum atomic E-state index is 10.6. The molecule has 0 radical (unpaired) electrons. The highest BCUT2D eigenvalue weighted by Crippen LogP contribution is 2.18. The second-order valence-corrected chi connectivity index (χ2v) is 4.73. The fourth-order valence-corrected chi connectivity index (χ4v) is 2.10. The SMILES string of the molecule is O=C(O)c1cc(-n2cc(I)cn2)cs1. The second-order valence-electron chi connectivity index (χ2n) is 2.58. The van der Waals surface area contributed by atoms with Gasteiger partial charge in [-0.25, -0.2) is 9.48 Å². The van der Waals surface area contributed by atoms with Gasteiger partial charge in [0, 0.05) is 11.6 Å². The smallest absolute Gasteiger partial charge is 0.345 e. The van der Waals surface area contributed by atoms with Crippen LogP contribution in [0.25, 0.3) is 5.69 Å². The van der Waals surface area contributed by atoms with E-state index in [4.69, 9.17) is 5.11 Å². The van der Waals surface area contributed by atoms with Crippen molar-refractivity contribution in [2.75, 3.05) is 0 Å². The molecule has 0 spiro atoms. The van der Waals surface area contributed by atoms with Crippen LogP contribution >= 0.6 is 33.9 Å². The molecule has 0 aliphatic heterocycles. The van der Waals surface area contributed by atoms with Crippen LogP contribution < -0.4 is 0 Å². The zero-order valence-electron chi connectivity index (χ0n) is 6.85. The summed E-state index contributed by atoms with van der Waals surface area (Å²) < 4.78 is 2.68. The molecule has 0 aromatic carbocycles. The quantitative estimate of drug-likeness (QED) is 0.864. The number of carbonyl (C=O) groups is 1. The Morgan fingerprint density at radius 3 is 2.93 bits per heavy atom. The largest absolute Gasteiger partial charge is 0.477 e. The number of hydrogen-bond acceptors (Lipinski definition) is 3.